The first kappa shape index (κ1) is 32.9. The number of amides is 2. The molecule has 5 rings (SSSR count). The fourth-order valence-electron chi connectivity index (χ4n) is 7.08. The van der Waals surface area contributed by atoms with Crippen molar-refractivity contribution in [2.24, 2.45) is 5.92 Å². The van der Waals surface area contributed by atoms with Gasteiger partial charge in [-0.05, 0) is 54.0 Å². The number of nitrogens with one attached hydrogen (secondary N) is 2. The zero-order valence-electron chi connectivity index (χ0n) is 25.9. The summed E-state index contributed by atoms with van der Waals surface area (Å²) in [4.78, 5) is 31.8. The van der Waals surface area contributed by atoms with E-state index in [-0.39, 0.29) is 17.9 Å². The number of likely N-dealkylation sites (N-methyl/N-ethyl adjacent to an activating group) is 1. The van der Waals surface area contributed by atoms with E-state index in [1.807, 2.05) is 36.1 Å². The van der Waals surface area contributed by atoms with Crippen molar-refractivity contribution in [1.82, 2.24) is 24.7 Å². The average molecular weight is 644 g/mol. The lowest BCUT2D eigenvalue weighted by Crippen LogP contribution is -2.60. The second-order valence-corrected chi connectivity index (χ2v) is 14.9. The van der Waals surface area contributed by atoms with Crippen LogP contribution in [0.4, 0.5) is 0 Å². The minimum Gasteiger partial charge on any atom is -0.343 e. The maximum absolute atomic E-state index is 14.0. The smallest absolute Gasteiger partial charge is 0.245 e. The second-order valence-electron chi connectivity index (χ2n) is 12.5. The highest BCUT2D eigenvalue weighted by Crippen LogP contribution is 2.32. The number of halogens is 1. The fourth-order valence-corrected chi connectivity index (χ4v) is 8.09. The highest BCUT2D eigenvalue weighted by Gasteiger charge is 2.37. The van der Waals surface area contributed by atoms with Crippen molar-refractivity contribution < 1.29 is 18.0 Å². The Balaban J connectivity index is 1.27. The lowest BCUT2D eigenvalue weighted by atomic mass is 9.95. The van der Waals surface area contributed by atoms with Crippen molar-refractivity contribution in [1.29, 1.82) is 0 Å². The monoisotopic (exact) mass is 643 g/mol. The van der Waals surface area contributed by atoms with E-state index in [9.17, 15) is 18.0 Å². The number of benzene rings is 2. The second kappa shape index (κ2) is 14.7. The molecule has 1 saturated carbocycles. The van der Waals surface area contributed by atoms with E-state index in [1.54, 1.807) is 16.4 Å². The number of carbonyl (C=O) groups is 2. The van der Waals surface area contributed by atoms with Crippen molar-refractivity contribution in [3.05, 3.63) is 70.2 Å². The molecular weight excluding hydrogens is 598 g/mol. The molecule has 2 aromatic rings. The molecule has 9 nitrogen and oxygen atoms in total. The Kier molecular flexibility index (Phi) is 11.0. The molecule has 2 fully saturated rings. The molecule has 0 bridgehead atoms. The molecule has 2 aliphatic heterocycles. The molecule has 0 aromatic heterocycles. The van der Waals surface area contributed by atoms with Crippen LogP contribution in [0.15, 0.2) is 48.5 Å². The number of carbonyl (C=O) groups excluding carboxylic acids is 2. The first-order valence-corrected chi connectivity index (χ1v) is 18.2. The van der Waals surface area contributed by atoms with E-state index in [4.69, 9.17) is 11.6 Å². The molecule has 240 valence electrons. The van der Waals surface area contributed by atoms with Crippen LogP contribution in [0.25, 0.3) is 0 Å². The van der Waals surface area contributed by atoms with Crippen molar-refractivity contribution in [3.8, 4) is 0 Å². The van der Waals surface area contributed by atoms with Gasteiger partial charge in [-0.15, -0.1) is 0 Å². The Hall–Kier alpha value is -2.50. The summed E-state index contributed by atoms with van der Waals surface area (Å²) >= 11 is 6.12. The van der Waals surface area contributed by atoms with Gasteiger partial charge in [0.2, 0.25) is 21.8 Å². The van der Waals surface area contributed by atoms with E-state index in [1.165, 1.54) is 24.7 Å². The van der Waals surface area contributed by atoms with Crippen LogP contribution in [0, 0.1) is 5.92 Å². The van der Waals surface area contributed by atoms with Crippen LogP contribution in [0.5, 0.6) is 0 Å². The molecule has 2 aromatic carbocycles. The van der Waals surface area contributed by atoms with Gasteiger partial charge in [-0.1, -0.05) is 67.8 Å². The van der Waals surface area contributed by atoms with Gasteiger partial charge in [0.05, 0.1) is 12.3 Å². The van der Waals surface area contributed by atoms with Gasteiger partial charge in [-0.2, -0.15) is 0 Å². The number of nitrogens with zero attached hydrogens (tertiary/aromatic N) is 3. The number of fused-ring (bicyclic) bond motifs is 1. The average Bonchev–Trinajstić information content (AvgIpc) is 3.56. The highest BCUT2D eigenvalue weighted by molar-refractivity contribution is 7.88. The summed E-state index contributed by atoms with van der Waals surface area (Å²) in [7, 11) is -3.30. The number of rotatable bonds is 11. The number of sulfonamides is 1. The number of hydrogen-bond acceptors (Lipinski definition) is 6. The Labute approximate surface area is 267 Å². The van der Waals surface area contributed by atoms with E-state index < -0.39 is 22.1 Å². The molecule has 11 heteroatoms. The van der Waals surface area contributed by atoms with Crippen molar-refractivity contribution in [3.63, 3.8) is 0 Å². The summed E-state index contributed by atoms with van der Waals surface area (Å²) in [5.74, 6) is 0.193. The summed E-state index contributed by atoms with van der Waals surface area (Å²) in [5, 5.41) is 7.05. The Morgan fingerprint density at radius 1 is 1.02 bits per heavy atom. The Morgan fingerprint density at radius 2 is 1.68 bits per heavy atom. The third kappa shape index (κ3) is 8.20. The highest BCUT2D eigenvalue weighted by atomic mass is 35.5. The van der Waals surface area contributed by atoms with Crippen molar-refractivity contribution in [2.45, 2.75) is 70.1 Å². The van der Waals surface area contributed by atoms with Crippen molar-refractivity contribution >= 4 is 33.4 Å². The normalized spacial score (nSPS) is 21.2. The molecule has 1 saturated heterocycles. The molecule has 44 heavy (non-hydrogen) atoms. The fraction of sp³-hybridized carbons (Fsp3) is 0.576. The predicted molar refractivity (Wildman–Crippen MR) is 174 cm³/mol. The lowest BCUT2D eigenvalue weighted by Gasteiger charge is -2.43. The van der Waals surface area contributed by atoms with Gasteiger partial charge in [0.25, 0.3) is 0 Å². The van der Waals surface area contributed by atoms with Gasteiger partial charge in [-0.25, -0.2) is 12.7 Å². The SMILES string of the molecule is CCN(CC(C1CCCC1)N1CCN(C(=O)[C@@H](Cc2ccc(Cl)cc2)NC(=O)[C@H]2Cc3ccccc3CN2)CC1)S(C)(=O)=O. The van der Waals surface area contributed by atoms with Gasteiger partial charge < -0.3 is 15.5 Å². The number of hydrogen-bond donors (Lipinski definition) is 2. The largest absolute Gasteiger partial charge is 0.343 e. The third-order valence-corrected chi connectivity index (χ3v) is 11.2. The maximum Gasteiger partial charge on any atom is 0.245 e. The summed E-state index contributed by atoms with van der Waals surface area (Å²) in [6.07, 6.45) is 6.81. The standard InChI is InChI=1S/C33H46ClN5O4S/c1-3-39(44(2,42)43)23-31(25-8-4-5-9-25)37-16-18-38(19-17-37)33(41)30(20-24-12-14-28(34)15-13-24)36-32(40)29-21-26-10-6-7-11-27(26)22-35-29/h6-7,10-15,25,29-31,35H,3-5,8-9,16-23H2,1-2H3,(H,36,40)/t29-,30-,31?/m1/s1. The Bertz CT molecular complexity index is 1390. The first-order chi connectivity index (χ1) is 21.1. The zero-order valence-corrected chi connectivity index (χ0v) is 27.5. The molecule has 1 unspecified atom stereocenters. The van der Waals surface area contributed by atoms with Gasteiger partial charge in [0.1, 0.15) is 6.04 Å². The minimum atomic E-state index is -3.30. The van der Waals surface area contributed by atoms with E-state index >= 15 is 0 Å². The van der Waals surface area contributed by atoms with E-state index in [2.05, 4.69) is 27.7 Å². The topological polar surface area (TPSA) is 102 Å². The number of piperazine rings is 1. The van der Waals surface area contributed by atoms with Crippen LogP contribution in [-0.2, 0) is 39.0 Å². The molecule has 1 aliphatic carbocycles. The molecule has 3 atom stereocenters. The minimum absolute atomic E-state index is 0.0899. The summed E-state index contributed by atoms with van der Waals surface area (Å²) in [6.45, 7) is 5.87. The molecule has 0 radical (unpaired) electrons. The van der Waals surface area contributed by atoms with E-state index in [0.29, 0.717) is 69.6 Å². The molecule has 2 N–H and O–H groups in total. The van der Waals surface area contributed by atoms with E-state index in [0.717, 1.165) is 24.0 Å². The third-order valence-electron chi connectivity index (χ3n) is 9.62. The van der Waals surface area contributed by atoms with Crippen LogP contribution < -0.4 is 10.6 Å². The van der Waals surface area contributed by atoms with Gasteiger partial charge in [-0.3, -0.25) is 14.5 Å². The van der Waals surface area contributed by atoms with Crippen LogP contribution in [0.2, 0.25) is 5.02 Å². The lowest BCUT2D eigenvalue weighted by molar-refractivity contribution is -0.138. The summed E-state index contributed by atoms with van der Waals surface area (Å²) in [5.41, 5.74) is 3.27. The zero-order chi connectivity index (χ0) is 31.3. The van der Waals surface area contributed by atoms with Crippen LogP contribution in [-0.4, -0.2) is 98.0 Å². The molecule has 2 amide bonds. The van der Waals surface area contributed by atoms with Crippen LogP contribution in [0.3, 0.4) is 0 Å². The quantitative estimate of drug-likeness (QED) is 0.390. The maximum atomic E-state index is 14.0. The van der Waals surface area contributed by atoms with Crippen LogP contribution in [0.1, 0.15) is 49.3 Å². The van der Waals surface area contributed by atoms with Crippen molar-refractivity contribution in [2.75, 3.05) is 45.5 Å². The molecular formula is C33H46ClN5O4S. The summed E-state index contributed by atoms with van der Waals surface area (Å²) in [6, 6.07) is 14.5. The molecule has 3 aliphatic rings. The van der Waals surface area contributed by atoms with Gasteiger partial charge in [0, 0.05) is 63.3 Å². The van der Waals surface area contributed by atoms with Crippen LogP contribution >= 0.6 is 11.6 Å². The molecule has 0 spiro atoms. The van der Waals surface area contributed by atoms with Gasteiger partial charge in [0.15, 0.2) is 0 Å². The first-order valence-electron chi connectivity index (χ1n) is 15.9. The Morgan fingerprint density at radius 3 is 2.32 bits per heavy atom. The van der Waals surface area contributed by atoms with Gasteiger partial charge >= 0.3 is 0 Å². The summed E-state index contributed by atoms with van der Waals surface area (Å²) < 4.78 is 26.5. The molecule has 2 heterocycles. The predicted octanol–water partition coefficient (Wildman–Crippen LogP) is 3.07.